The first-order chi connectivity index (χ1) is 9.19. The number of nitrogens with one attached hydrogen (secondary N) is 1. The summed E-state index contributed by atoms with van der Waals surface area (Å²) in [5.74, 6) is 0.602. The minimum absolute atomic E-state index is 0.0495. The number of benzene rings is 1. The Morgan fingerprint density at radius 2 is 2.26 bits per heavy atom. The fourth-order valence-electron chi connectivity index (χ4n) is 2.18. The second-order valence-electron chi connectivity index (χ2n) is 4.41. The van der Waals surface area contributed by atoms with E-state index < -0.39 is 0 Å². The van der Waals surface area contributed by atoms with Crippen LogP contribution in [0.15, 0.2) is 18.2 Å². The van der Waals surface area contributed by atoms with Gasteiger partial charge < -0.3 is 10.1 Å². The molecule has 0 bridgehead atoms. The number of nitrogens with zero attached hydrogens (tertiary/aromatic N) is 1. The number of fused-ring (bicyclic) bond motifs is 1. The maximum atomic E-state index is 12.1. The molecule has 1 heterocycles. The molecule has 0 unspecified atom stereocenters. The van der Waals surface area contributed by atoms with Crippen molar-refractivity contribution in [3.05, 3.63) is 23.8 Å². The molecule has 1 N–H and O–H groups in total. The lowest BCUT2D eigenvalue weighted by Crippen LogP contribution is -2.44. The van der Waals surface area contributed by atoms with Crippen molar-refractivity contribution < 1.29 is 14.3 Å². The van der Waals surface area contributed by atoms with Crippen molar-refractivity contribution in [2.24, 2.45) is 0 Å². The van der Waals surface area contributed by atoms with Gasteiger partial charge in [0.15, 0.2) is 5.78 Å². The Kier molecular flexibility index (Phi) is 4.04. The number of para-hydroxylation sites is 1. The number of amides is 2. The summed E-state index contributed by atoms with van der Waals surface area (Å²) in [6, 6.07) is 5.08. The lowest BCUT2D eigenvalue weighted by atomic mass is 10.00. The molecule has 0 radical (unpaired) electrons. The summed E-state index contributed by atoms with van der Waals surface area (Å²) in [5, 5.41) is 2.83. The SMILES string of the molecule is CCCNC(=O)N1CCC(=O)c2cccc(OC)c21. The smallest absolute Gasteiger partial charge is 0.322 e. The van der Waals surface area contributed by atoms with E-state index in [2.05, 4.69) is 5.32 Å². The third-order valence-corrected chi connectivity index (χ3v) is 3.12. The van der Waals surface area contributed by atoms with Crippen LogP contribution < -0.4 is 15.0 Å². The molecule has 2 rings (SSSR count). The molecule has 0 atom stereocenters. The number of ketones is 1. The van der Waals surface area contributed by atoms with E-state index in [1.807, 2.05) is 6.92 Å². The van der Waals surface area contributed by atoms with Crippen LogP contribution >= 0.6 is 0 Å². The van der Waals surface area contributed by atoms with E-state index in [-0.39, 0.29) is 11.8 Å². The summed E-state index contributed by atoms with van der Waals surface area (Å²) in [6.45, 7) is 3.00. The molecular weight excluding hydrogens is 244 g/mol. The molecule has 1 aliphatic heterocycles. The first-order valence-electron chi connectivity index (χ1n) is 6.44. The van der Waals surface area contributed by atoms with Gasteiger partial charge in [-0.05, 0) is 18.6 Å². The largest absolute Gasteiger partial charge is 0.495 e. The standard InChI is InChI=1S/C14H18N2O3/c1-3-8-15-14(18)16-9-7-11(17)10-5-4-6-12(19-2)13(10)16/h4-6H,3,7-9H2,1-2H3,(H,15,18). The lowest BCUT2D eigenvalue weighted by molar-refractivity contribution is 0.0980. The molecule has 1 aromatic carbocycles. The summed E-state index contributed by atoms with van der Waals surface area (Å²) in [7, 11) is 1.54. The van der Waals surface area contributed by atoms with Gasteiger partial charge in [-0.1, -0.05) is 13.0 Å². The van der Waals surface area contributed by atoms with Gasteiger partial charge in [0, 0.05) is 25.1 Å². The summed E-state index contributed by atoms with van der Waals surface area (Å²) in [5.41, 5.74) is 1.13. The molecular formula is C14H18N2O3. The van der Waals surface area contributed by atoms with E-state index in [4.69, 9.17) is 4.74 Å². The lowest BCUT2D eigenvalue weighted by Gasteiger charge is -2.30. The van der Waals surface area contributed by atoms with Crippen molar-refractivity contribution in [1.82, 2.24) is 5.32 Å². The van der Waals surface area contributed by atoms with Crippen molar-refractivity contribution >= 4 is 17.5 Å². The van der Waals surface area contributed by atoms with Crippen molar-refractivity contribution in [1.29, 1.82) is 0 Å². The first-order valence-corrected chi connectivity index (χ1v) is 6.44. The summed E-state index contributed by atoms with van der Waals surface area (Å²) < 4.78 is 5.27. The second-order valence-corrected chi connectivity index (χ2v) is 4.41. The summed E-state index contributed by atoms with van der Waals surface area (Å²) >= 11 is 0. The van der Waals surface area contributed by atoms with Gasteiger partial charge in [0.2, 0.25) is 0 Å². The quantitative estimate of drug-likeness (QED) is 0.908. The molecule has 0 spiro atoms. The fourth-order valence-corrected chi connectivity index (χ4v) is 2.18. The average Bonchev–Trinajstić information content (AvgIpc) is 2.44. The number of hydrogen-bond donors (Lipinski definition) is 1. The molecule has 5 heteroatoms. The number of carbonyl (C=O) groups is 2. The minimum atomic E-state index is -0.180. The molecule has 1 aliphatic rings. The fraction of sp³-hybridized carbons (Fsp3) is 0.429. The summed E-state index contributed by atoms with van der Waals surface area (Å²) in [4.78, 5) is 25.7. The van der Waals surface area contributed by atoms with Crippen molar-refractivity contribution in [2.45, 2.75) is 19.8 Å². The Bertz CT molecular complexity index is 499. The van der Waals surface area contributed by atoms with E-state index in [9.17, 15) is 9.59 Å². The third kappa shape index (κ3) is 2.54. The van der Waals surface area contributed by atoms with Crippen LogP contribution in [0.1, 0.15) is 30.1 Å². The van der Waals surface area contributed by atoms with Gasteiger partial charge in [-0.15, -0.1) is 0 Å². The van der Waals surface area contributed by atoms with Crippen molar-refractivity contribution in [3.63, 3.8) is 0 Å². The highest BCUT2D eigenvalue weighted by molar-refractivity contribution is 6.09. The topological polar surface area (TPSA) is 58.6 Å². The zero-order valence-corrected chi connectivity index (χ0v) is 11.2. The highest BCUT2D eigenvalue weighted by atomic mass is 16.5. The zero-order chi connectivity index (χ0) is 13.8. The number of rotatable bonds is 3. The van der Waals surface area contributed by atoms with Gasteiger partial charge in [-0.25, -0.2) is 4.79 Å². The van der Waals surface area contributed by atoms with Crippen molar-refractivity contribution in [3.8, 4) is 5.75 Å². The Balaban J connectivity index is 2.38. The van der Waals surface area contributed by atoms with Crippen LogP contribution in [-0.4, -0.2) is 32.0 Å². The predicted molar refractivity (Wildman–Crippen MR) is 73.0 cm³/mol. The number of urea groups is 1. The molecule has 0 saturated carbocycles. The molecule has 0 aliphatic carbocycles. The monoisotopic (exact) mass is 262 g/mol. The number of anilines is 1. The van der Waals surface area contributed by atoms with E-state index in [0.717, 1.165) is 6.42 Å². The predicted octanol–water partition coefficient (Wildman–Crippen LogP) is 2.21. The number of methoxy groups -OCH3 is 1. The average molecular weight is 262 g/mol. The van der Waals surface area contributed by atoms with Gasteiger partial charge in [0.1, 0.15) is 5.75 Å². The summed E-state index contributed by atoms with van der Waals surface area (Å²) in [6.07, 6.45) is 1.22. The van der Waals surface area contributed by atoms with Gasteiger partial charge in [0.05, 0.1) is 12.8 Å². The zero-order valence-electron chi connectivity index (χ0n) is 11.2. The molecule has 102 valence electrons. The van der Waals surface area contributed by atoms with Gasteiger partial charge in [-0.3, -0.25) is 9.69 Å². The first kappa shape index (κ1) is 13.4. The highest BCUT2D eigenvalue weighted by Gasteiger charge is 2.29. The number of hydrogen-bond acceptors (Lipinski definition) is 3. The minimum Gasteiger partial charge on any atom is -0.495 e. The maximum Gasteiger partial charge on any atom is 0.322 e. The van der Waals surface area contributed by atoms with Crippen LogP contribution in [0.4, 0.5) is 10.5 Å². The molecule has 0 fully saturated rings. The van der Waals surface area contributed by atoms with Gasteiger partial charge in [0.25, 0.3) is 0 Å². The molecule has 2 amide bonds. The van der Waals surface area contributed by atoms with Gasteiger partial charge >= 0.3 is 6.03 Å². The third-order valence-electron chi connectivity index (χ3n) is 3.12. The van der Waals surface area contributed by atoms with Crippen LogP contribution in [0, 0.1) is 0 Å². The molecule has 0 saturated heterocycles. The van der Waals surface area contributed by atoms with Gasteiger partial charge in [-0.2, -0.15) is 0 Å². The highest BCUT2D eigenvalue weighted by Crippen LogP contribution is 2.36. The Morgan fingerprint density at radius 3 is 2.95 bits per heavy atom. The Hall–Kier alpha value is -2.04. The van der Waals surface area contributed by atoms with E-state index in [0.29, 0.717) is 36.5 Å². The Morgan fingerprint density at radius 1 is 1.47 bits per heavy atom. The number of carbonyl (C=O) groups excluding carboxylic acids is 2. The van der Waals surface area contributed by atoms with Crippen LogP contribution in [-0.2, 0) is 0 Å². The molecule has 0 aromatic heterocycles. The normalized spacial score (nSPS) is 14.0. The van der Waals surface area contributed by atoms with Crippen LogP contribution in [0.2, 0.25) is 0 Å². The number of ether oxygens (including phenoxy) is 1. The Labute approximate surface area is 112 Å². The molecule has 1 aromatic rings. The number of Topliss-reactive ketones (excluding diaryl/α,β-unsaturated/α-hetero) is 1. The van der Waals surface area contributed by atoms with Crippen LogP contribution in [0.25, 0.3) is 0 Å². The van der Waals surface area contributed by atoms with Crippen molar-refractivity contribution in [2.75, 3.05) is 25.1 Å². The second kappa shape index (κ2) is 5.73. The molecule has 19 heavy (non-hydrogen) atoms. The molecule has 5 nitrogen and oxygen atoms in total. The van der Waals surface area contributed by atoms with Crippen LogP contribution in [0.3, 0.4) is 0 Å². The van der Waals surface area contributed by atoms with E-state index in [1.54, 1.807) is 23.1 Å². The maximum absolute atomic E-state index is 12.1. The van der Waals surface area contributed by atoms with E-state index in [1.165, 1.54) is 7.11 Å². The van der Waals surface area contributed by atoms with Crippen LogP contribution in [0.5, 0.6) is 5.75 Å². The van der Waals surface area contributed by atoms with E-state index >= 15 is 0 Å².